The van der Waals surface area contributed by atoms with Crippen LogP contribution in [0.3, 0.4) is 0 Å². The van der Waals surface area contributed by atoms with Gasteiger partial charge in [0, 0.05) is 23.9 Å². The average molecular weight is 252 g/mol. The molecule has 0 aliphatic carbocycles. The molecular formula is C12H14BrN. The zero-order valence-corrected chi connectivity index (χ0v) is 9.89. The van der Waals surface area contributed by atoms with Crippen molar-refractivity contribution in [1.29, 1.82) is 0 Å². The third-order valence-electron chi connectivity index (χ3n) is 1.84. The van der Waals surface area contributed by atoms with Crippen molar-refractivity contribution in [3.05, 3.63) is 35.4 Å². The summed E-state index contributed by atoms with van der Waals surface area (Å²) >= 11 is 3.41. The molecule has 14 heavy (non-hydrogen) atoms. The van der Waals surface area contributed by atoms with E-state index < -0.39 is 0 Å². The van der Waals surface area contributed by atoms with Gasteiger partial charge in [0.05, 0.1) is 0 Å². The van der Waals surface area contributed by atoms with Crippen molar-refractivity contribution < 1.29 is 0 Å². The maximum absolute atomic E-state index is 3.41. The SMILES string of the molecule is CNCCC#Cc1ccc(CBr)cc1. The van der Waals surface area contributed by atoms with E-state index in [9.17, 15) is 0 Å². The van der Waals surface area contributed by atoms with E-state index in [-0.39, 0.29) is 0 Å². The molecule has 1 nitrogen and oxygen atoms in total. The van der Waals surface area contributed by atoms with Gasteiger partial charge in [0.1, 0.15) is 0 Å². The minimum Gasteiger partial charge on any atom is -0.319 e. The van der Waals surface area contributed by atoms with Crippen LogP contribution in [0.15, 0.2) is 24.3 Å². The highest BCUT2D eigenvalue weighted by atomic mass is 79.9. The van der Waals surface area contributed by atoms with Crippen LogP contribution in [0.5, 0.6) is 0 Å². The Balaban J connectivity index is 2.53. The molecule has 74 valence electrons. The first-order valence-corrected chi connectivity index (χ1v) is 5.77. The van der Waals surface area contributed by atoms with Crippen molar-refractivity contribution in [3.63, 3.8) is 0 Å². The lowest BCUT2D eigenvalue weighted by Gasteiger charge is -1.94. The van der Waals surface area contributed by atoms with Crippen LogP contribution in [-0.2, 0) is 5.33 Å². The molecule has 0 bridgehead atoms. The Morgan fingerprint density at radius 2 is 2.00 bits per heavy atom. The maximum Gasteiger partial charge on any atom is 0.0283 e. The van der Waals surface area contributed by atoms with E-state index in [0.29, 0.717) is 0 Å². The summed E-state index contributed by atoms with van der Waals surface area (Å²) in [6, 6.07) is 8.31. The zero-order valence-electron chi connectivity index (χ0n) is 8.31. The third-order valence-corrected chi connectivity index (χ3v) is 2.49. The Kier molecular flexibility index (Phi) is 5.36. The Hall–Kier alpha value is -0.780. The first-order chi connectivity index (χ1) is 6.86. The lowest BCUT2D eigenvalue weighted by molar-refractivity contribution is 0.818. The van der Waals surface area contributed by atoms with Crippen molar-refractivity contribution in [3.8, 4) is 11.8 Å². The molecule has 2 heteroatoms. The highest BCUT2D eigenvalue weighted by Crippen LogP contribution is 2.06. The predicted molar refractivity (Wildman–Crippen MR) is 64.5 cm³/mol. The molecule has 0 atom stereocenters. The fourth-order valence-electron chi connectivity index (χ4n) is 1.03. The number of alkyl halides is 1. The van der Waals surface area contributed by atoms with Crippen molar-refractivity contribution in [2.75, 3.05) is 13.6 Å². The number of rotatable bonds is 3. The standard InChI is InChI=1S/C12H14BrN/c1-14-9-3-2-4-11-5-7-12(10-13)8-6-11/h5-8,14H,3,9-10H2,1H3. The summed E-state index contributed by atoms with van der Waals surface area (Å²) in [5.74, 6) is 6.24. The number of nitrogens with one attached hydrogen (secondary N) is 1. The van der Waals surface area contributed by atoms with Gasteiger partial charge in [-0.1, -0.05) is 39.9 Å². The zero-order chi connectivity index (χ0) is 10.2. The van der Waals surface area contributed by atoms with E-state index in [1.54, 1.807) is 0 Å². The molecule has 0 spiro atoms. The first-order valence-electron chi connectivity index (χ1n) is 4.65. The molecule has 1 rings (SSSR count). The van der Waals surface area contributed by atoms with Crippen LogP contribution in [0, 0.1) is 11.8 Å². The van der Waals surface area contributed by atoms with Gasteiger partial charge in [0.25, 0.3) is 0 Å². The molecule has 0 saturated heterocycles. The minimum atomic E-state index is 0.899. The van der Waals surface area contributed by atoms with E-state index in [1.165, 1.54) is 5.56 Å². The second-order valence-electron chi connectivity index (χ2n) is 2.99. The van der Waals surface area contributed by atoms with Crippen LogP contribution in [0.25, 0.3) is 0 Å². The quantitative estimate of drug-likeness (QED) is 0.495. The lowest BCUT2D eigenvalue weighted by Crippen LogP contribution is -2.05. The van der Waals surface area contributed by atoms with Crippen LogP contribution in [0.1, 0.15) is 17.5 Å². The monoisotopic (exact) mass is 251 g/mol. The summed E-state index contributed by atoms with van der Waals surface area (Å²) in [7, 11) is 1.94. The summed E-state index contributed by atoms with van der Waals surface area (Å²) in [5.41, 5.74) is 2.37. The molecule has 0 unspecified atom stereocenters. The van der Waals surface area contributed by atoms with Gasteiger partial charge in [-0.3, -0.25) is 0 Å². The molecule has 1 N–H and O–H groups in total. The maximum atomic E-state index is 3.41. The Morgan fingerprint density at radius 1 is 1.29 bits per heavy atom. The summed E-state index contributed by atoms with van der Waals surface area (Å²) in [6.45, 7) is 0.951. The first kappa shape index (κ1) is 11.3. The highest BCUT2D eigenvalue weighted by Gasteiger charge is 1.88. The molecule has 0 aliphatic rings. The number of benzene rings is 1. The molecule has 0 saturated carbocycles. The Labute approximate surface area is 94.0 Å². The van der Waals surface area contributed by atoms with Gasteiger partial charge in [-0.25, -0.2) is 0 Å². The normalized spacial score (nSPS) is 9.29. The minimum absolute atomic E-state index is 0.899. The van der Waals surface area contributed by atoms with Crippen LogP contribution in [-0.4, -0.2) is 13.6 Å². The smallest absolute Gasteiger partial charge is 0.0283 e. The van der Waals surface area contributed by atoms with Crippen LogP contribution in [0.2, 0.25) is 0 Å². The van der Waals surface area contributed by atoms with Crippen molar-refractivity contribution in [2.24, 2.45) is 0 Å². The van der Waals surface area contributed by atoms with E-state index in [2.05, 4.69) is 57.4 Å². The molecule has 0 amide bonds. The second-order valence-corrected chi connectivity index (χ2v) is 3.55. The van der Waals surface area contributed by atoms with E-state index in [4.69, 9.17) is 0 Å². The predicted octanol–water partition coefficient (Wildman–Crippen LogP) is 2.54. The molecule has 1 aromatic carbocycles. The van der Waals surface area contributed by atoms with Gasteiger partial charge in [-0.2, -0.15) is 0 Å². The highest BCUT2D eigenvalue weighted by molar-refractivity contribution is 9.08. The summed E-state index contributed by atoms with van der Waals surface area (Å²) in [6.07, 6.45) is 0.899. The van der Waals surface area contributed by atoms with Gasteiger partial charge in [-0.05, 0) is 24.7 Å². The van der Waals surface area contributed by atoms with Crippen molar-refractivity contribution in [1.82, 2.24) is 5.32 Å². The summed E-state index contributed by atoms with van der Waals surface area (Å²) < 4.78 is 0. The number of halogens is 1. The molecular weight excluding hydrogens is 238 g/mol. The van der Waals surface area contributed by atoms with Crippen molar-refractivity contribution >= 4 is 15.9 Å². The van der Waals surface area contributed by atoms with Crippen LogP contribution < -0.4 is 5.32 Å². The van der Waals surface area contributed by atoms with Crippen molar-refractivity contribution in [2.45, 2.75) is 11.8 Å². The van der Waals surface area contributed by atoms with Crippen LogP contribution in [0.4, 0.5) is 0 Å². The Bertz CT molecular complexity index is 318. The van der Waals surface area contributed by atoms with E-state index >= 15 is 0 Å². The average Bonchev–Trinajstić information content (AvgIpc) is 2.25. The fraction of sp³-hybridized carbons (Fsp3) is 0.333. The molecule has 0 aliphatic heterocycles. The van der Waals surface area contributed by atoms with Gasteiger partial charge >= 0.3 is 0 Å². The van der Waals surface area contributed by atoms with Gasteiger partial charge in [0.2, 0.25) is 0 Å². The molecule has 1 aromatic rings. The van der Waals surface area contributed by atoms with Crippen LogP contribution >= 0.6 is 15.9 Å². The molecule has 0 radical (unpaired) electrons. The lowest BCUT2D eigenvalue weighted by atomic mass is 10.1. The number of hydrogen-bond donors (Lipinski definition) is 1. The fourth-order valence-corrected chi connectivity index (χ4v) is 1.40. The topological polar surface area (TPSA) is 12.0 Å². The molecule has 0 heterocycles. The number of hydrogen-bond acceptors (Lipinski definition) is 1. The molecule has 0 fully saturated rings. The van der Waals surface area contributed by atoms with Gasteiger partial charge < -0.3 is 5.32 Å². The van der Waals surface area contributed by atoms with E-state index in [1.807, 2.05) is 7.05 Å². The second kappa shape index (κ2) is 6.64. The summed E-state index contributed by atoms with van der Waals surface area (Å²) in [5, 5.41) is 3.97. The molecule has 0 aromatic heterocycles. The van der Waals surface area contributed by atoms with Gasteiger partial charge in [-0.15, -0.1) is 0 Å². The van der Waals surface area contributed by atoms with Gasteiger partial charge in [0.15, 0.2) is 0 Å². The Morgan fingerprint density at radius 3 is 2.57 bits per heavy atom. The summed E-state index contributed by atoms with van der Waals surface area (Å²) in [4.78, 5) is 0. The van der Waals surface area contributed by atoms with E-state index in [0.717, 1.165) is 23.9 Å². The largest absolute Gasteiger partial charge is 0.319 e. The third kappa shape index (κ3) is 3.95.